The van der Waals surface area contributed by atoms with Gasteiger partial charge in [-0.1, -0.05) is 36.0 Å². The Morgan fingerprint density at radius 3 is 2.74 bits per heavy atom. The first kappa shape index (κ1) is 19.1. The predicted molar refractivity (Wildman–Crippen MR) is 111 cm³/mol. The van der Waals surface area contributed by atoms with Crippen molar-refractivity contribution in [3.63, 3.8) is 0 Å². The molecule has 0 atom stereocenters. The largest absolute Gasteiger partial charge is 0.398 e. The lowest BCUT2D eigenvalue weighted by Gasteiger charge is -2.08. The second kappa shape index (κ2) is 8.36. The van der Waals surface area contributed by atoms with E-state index in [0.717, 1.165) is 21.8 Å². The van der Waals surface area contributed by atoms with Crippen molar-refractivity contribution in [1.29, 1.82) is 0 Å². The van der Waals surface area contributed by atoms with E-state index in [4.69, 9.17) is 5.73 Å². The van der Waals surface area contributed by atoms with E-state index >= 15 is 0 Å². The summed E-state index contributed by atoms with van der Waals surface area (Å²) in [6, 6.07) is 12.6. The Kier molecular flexibility index (Phi) is 5.92. The zero-order chi connectivity index (χ0) is 19.4. The molecule has 0 spiro atoms. The Balaban J connectivity index is 1.66. The highest BCUT2D eigenvalue weighted by Gasteiger charge is 2.12. The van der Waals surface area contributed by atoms with Crippen LogP contribution in [0.15, 0.2) is 56.9 Å². The highest BCUT2D eigenvalue weighted by atomic mass is 79.9. The van der Waals surface area contributed by atoms with Crippen LogP contribution in [-0.2, 0) is 4.79 Å². The summed E-state index contributed by atoms with van der Waals surface area (Å²) in [6.07, 6.45) is 0. The second-order valence-electron chi connectivity index (χ2n) is 5.72. The molecule has 0 saturated heterocycles. The Morgan fingerprint density at radius 1 is 1.26 bits per heavy atom. The van der Waals surface area contributed by atoms with E-state index in [2.05, 4.69) is 36.4 Å². The molecule has 0 aliphatic carbocycles. The SMILES string of the molecule is Cc1ccc(NC(=O)CSc2nnc(-c3ccccc3N)c(=O)[nH]2)c(Br)c1. The number of benzene rings is 2. The van der Waals surface area contributed by atoms with Gasteiger partial charge in [0.25, 0.3) is 5.56 Å². The van der Waals surface area contributed by atoms with Crippen LogP contribution in [0.2, 0.25) is 0 Å². The number of thioether (sulfide) groups is 1. The van der Waals surface area contributed by atoms with Crippen LogP contribution >= 0.6 is 27.7 Å². The van der Waals surface area contributed by atoms with Gasteiger partial charge >= 0.3 is 0 Å². The molecule has 1 amide bonds. The summed E-state index contributed by atoms with van der Waals surface area (Å²) in [5.41, 5.74) is 8.33. The van der Waals surface area contributed by atoms with Crippen molar-refractivity contribution in [3.8, 4) is 11.3 Å². The van der Waals surface area contributed by atoms with E-state index in [1.165, 1.54) is 0 Å². The summed E-state index contributed by atoms with van der Waals surface area (Å²) in [5, 5.41) is 11.0. The molecule has 0 fully saturated rings. The quantitative estimate of drug-likeness (QED) is 0.410. The lowest BCUT2D eigenvalue weighted by molar-refractivity contribution is -0.113. The number of nitrogen functional groups attached to an aromatic ring is 1. The fourth-order valence-electron chi connectivity index (χ4n) is 2.32. The predicted octanol–water partition coefficient (Wildman–Crippen LogP) is 3.22. The van der Waals surface area contributed by atoms with Crippen molar-refractivity contribution in [1.82, 2.24) is 15.2 Å². The number of para-hydroxylation sites is 1. The van der Waals surface area contributed by atoms with E-state index in [-0.39, 0.29) is 22.5 Å². The molecule has 0 radical (unpaired) electrons. The average Bonchev–Trinajstić information content (AvgIpc) is 2.63. The maximum Gasteiger partial charge on any atom is 0.278 e. The van der Waals surface area contributed by atoms with E-state index < -0.39 is 5.56 Å². The van der Waals surface area contributed by atoms with Gasteiger partial charge in [0.15, 0.2) is 10.9 Å². The van der Waals surface area contributed by atoms with Crippen molar-refractivity contribution in [3.05, 3.63) is 62.9 Å². The van der Waals surface area contributed by atoms with Crippen LogP contribution in [0.25, 0.3) is 11.3 Å². The topological polar surface area (TPSA) is 114 Å². The fraction of sp³-hybridized carbons (Fsp3) is 0.111. The van der Waals surface area contributed by atoms with Crippen molar-refractivity contribution < 1.29 is 4.79 Å². The smallest absolute Gasteiger partial charge is 0.278 e. The number of H-pyrrole nitrogens is 1. The number of amides is 1. The molecular weight excluding hydrogens is 430 g/mol. The standard InChI is InChI=1S/C18H16BrN5O2S/c1-10-6-7-14(12(19)8-10)21-15(25)9-27-18-22-17(26)16(23-24-18)11-4-2-3-5-13(11)20/h2-8H,9,20H2,1H3,(H,21,25)(H,22,24,26). The molecule has 9 heteroatoms. The van der Waals surface area contributed by atoms with Crippen molar-refractivity contribution in [2.45, 2.75) is 12.1 Å². The minimum Gasteiger partial charge on any atom is -0.398 e. The second-order valence-corrected chi connectivity index (χ2v) is 7.53. The molecule has 3 rings (SSSR count). The van der Waals surface area contributed by atoms with E-state index in [9.17, 15) is 9.59 Å². The van der Waals surface area contributed by atoms with Crippen LogP contribution in [0.4, 0.5) is 11.4 Å². The molecule has 1 aromatic heterocycles. The number of hydrogen-bond donors (Lipinski definition) is 3. The number of aryl methyl sites for hydroxylation is 1. The number of halogens is 1. The first-order chi connectivity index (χ1) is 12.9. The first-order valence-electron chi connectivity index (χ1n) is 7.94. The van der Waals surface area contributed by atoms with Crippen molar-refractivity contribution in [2.75, 3.05) is 16.8 Å². The lowest BCUT2D eigenvalue weighted by atomic mass is 10.1. The van der Waals surface area contributed by atoms with Gasteiger partial charge in [-0.15, -0.1) is 10.2 Å². The Hall–Kier alpha value is -2.65. The molecule has 0 saturated carbocycles. The molecule has 3 aromatic rings. The maximum absolute atomic E-state index is 12.3. The molecule has 4 N–H and O–H groups in total. The van der Waals surface area contributed by atoms with Gasteiger partial charge in [-0.3, -0.25) is 14.6 Å². The number of hydrogen-bond acceptors (Lipinski definition) is 6. The molecule has 138 valence electrons. The van der Waals surface area contributed by atoms with Crippen LogP contribution in [0.3, 0.4) is 0 Å². The van der Waals surface area contributed by atoms with E-state index in [1.54, 1.807) is 24.3 Å². The van der Waals surface area contributed by atoms with Gasteiger partial charge in [0.05, 0.1) is 11.4 Å². The first-order valence-corrected chi connectivity index (χ1v) is 9.72. The normalized spacial score (nSPS) is 10.6. The van der Waals surface area contributed by atoms with Crippen LogP contribution in [0.5, 0.6) is 0 Å². The third kappa shape index (κ3) is 4.75. The molecule has 0 aliphatic rings. The summed E-state index contributed by atoms with van der Waals surface area (Å²) in [5.74, 6) is -0.138. The van der Waals surface area contributed by atoms with Crippen LogP contribution in [-0.4, -0.2) is 26.8 Å². The third-order valence-electron chi connectivity index (χ3n) is 3.63. The fourth-order valence-corrected chi connectivity index (χ4v) is 3.51. The van der Waals surface area contributed by atoms with Crippen LogP contribution < -0.4 is 16.6 Å². The summed E-state index contributed by atoms with van der Waals surface area (Å²) in [4.78, 5) is 27.0. The number of carbonyl (C=O) groups excluding carboxylic acids is 1. The summed E-state index contributed by atoms with van der Waals surface area (Å²) < 4.78 is 0.804. The molecular formula is C18H16BrN5O2S. The van der Waals surface area contributed by atoms with Gasteiger partial charge in [0, 0.05) is 15.7 Å². The summed E-state index contributed by atoms with van der Waals surface area (Å²) in [7, 11) is 0. The molecule has 0 aliphatic heterocycles. The number of anilines is 2. The molecule has 1 heterocycles. The number of aromatic nitrogens is 3. The summed E-state index contributed by atoms with van der Waals surface area (Å²) in [6.45, 7) is 1.97. The lowest BCUT2D eigenvalue weighted by Crippen LogP contribution is -2.17. The minimum absolute atomic E-state index is 0.0811. The van der Waals surface area contributed by atoms with Crippen LogP contribution in [0, 0.1) is 6.92 Å². The van der Waals surface area contributed by atoms with Gasteiger partial charge in [-0.05, 0) is 46.6 Å². The number of aromatic amines is 1. The van der Waals surface area contributed by atoms with Gasteiger partial charge in [-0.25, -0.2) is 0 Å². The molecule has 0 unspecified atom stereocenters. The van der Waals surface area contributed by atoms with E-state index in [1.807, 2.05) is 25.1 Å². The number of nitrogens with one attached hydrogen (secondary N) is 2. The molecule has 27 heavy (non-hydrogen) atoms. The van der Waals surface area contributed by atoms with Crippen molar-refractivity contribution in [2.24, 2.45) is 0 Å². The van der Waals surface area contributed by atoms with Gasteiger partial charge in [-0.2, -0.15) is 0 Å². The monoisotopic (exact) mass is 445 g/mol. The zero-order valence-corrected chi connectivity index (χ0v) is 16.7. The third-order valence-corrected chi connectivity index (χ3v) is 5.15. The Morgan fingerprint density at radius 2 is 2.04 bits per heavy atom. The molecule has 7 nitrogen and oxygen atoms in total. The number of rotatable bonds is 5. The van der Waals surface area contributed by atoms with Gasteiger partial charge in [0.1, 0.15) is 0 Å². The zero-order valence-electron chi connectivity index (χ0n) is 14.3. The Bertz CT molecular complexity index is 1050. The van der Waals surface area contributed by atoms with E-state index in [0.29, 0.717) is 16.9 Å². The average molecular weight is 446 g/mol. The number of nitrogens with zero attached hydrogens (tertiary/aromatic N) is 2. The van der Waals surface area contributed by atoms with Gasteiger partial charge < -0.3 is 11.1 Å². The maximum atomic E-state index is 12.3. The Labute approximate surface area is 167 Å². The minimum atomic E-state index is -0.410. The molecule has 0 bridgehead atoms. The highest BCUT2D eigenvalue weighted by Crippen LogP contribution is 2.24. The number of nitrogens with two attached hydrogens (primary N) is 1. The van der Waals surface area contributed by atoms with Crippen molar-refractivity contribution >= 4 is 45.0 Å². The highest BCUT2D eigenvalue weighted by molar-refractivity contribution is 9.10. The van der Waals surface area contributed by atoms with Gasteiger partial charge in [0.2, 0.25) is 5.91 Å². The number of carbonyl (C=O) groups is 1. The van der Waals surface area contributed by atoms with Crippen LogP contribution in [0.1, 0.15) is 5.56 Å². The summed E-state index contributed by atoms with van der Waals surface area (Å²) >= 11 is 4.51. The molecule has 2 aromatic carbocycles.